The van der Waals surface area contributed by atoms with Crippen molar-refractivity contribution in [1.82, 2.24) is 9.97 Å². The van der Waals surface area contributed by atoms with E-state index in [4.69, 9.17) is 30.9 Å². The third-order valence-corrected chi connectivity index (χ3v) is 3.32. The number of hydrogen-bond acceptors (Lipinski definition) is 12. The quantitative estimate of drug-likeness (QED) is 0.181. The van der Waals surface area contributed by atoms with Crippen LogP contribution in [0.2, 0.25) is 0 Å². The van der Waals surface area contributed by atoms with Crippen LogP contribution >= 0.6 is 0 Å². The topological polar surface area (TPSA) is 269 Å². The number of aromatic nitrogens is 2. The van der Waals surface area contributed by atoms with Gasteiger partial charge in [0.2, 0.25) is 0 Å². The Morgan fingerprint density at radius 1 is 1.33 bits per heavy atom. The number of carbonyl (C=O) groups is 1. The predicted molar refractivity (Wildman–Crippen MR) is 88.6 cm³/mol. The van der Waals surface area contributed by atoms with Crippen molar-refractivity contribution in [2.24, 2.45) is 5.73 Å². The summed E-state index contributed by atoms with van der Waals surface area (Å²) >= 11 is 0. The summed E-state index contributed by atoms with van der Waals surface area (Å²) in [4.78, 5) is 16.7. The van der Waals surface area contributed by atoms with Crippen LogP contribution in [0.25, 0.3) is 0 Å². The summed E-state index contributed by atoms with van der Waals surface area (Å²) in [6, 6.07) is -0.974. The van der Waals surface area contributed by atoms with Gasteiger partial charge in [-0.3, -0.25) is 0 Å². The minimum absolute atomic E-state index is 0. The summed E-state index contributed by atoms with van der Waals surface area (Å²) in [5.41, 5.74) is 5.82. The SMILES string of the molecule is CO.CO.CO[C@H]1O[C@H](CO)[C@@H](O)[C@H]([O-])[C@@H]1[O-].N[C@@H](Cc1c[nH]cn1)C(=O)[O-].[O-2].[Re]. The molecule has 0 aliphatic carbocycles. The molecule has 1 radical (unpaired) electrons. The van der Waals surface area contributed by atoms with E-state index in [0.29, 0.717) is 5.69 Å². The standard InChI is InChI=1S/C7H12O6.C6H9N3O2.2CH4O.O.Re/c1-12-7-6(11)5(10)4(9)3(2-8)13-7;7-5(6(10)11)1-4-2-8-3-9-4;2*1-2;;/h3-9H,2H2,1H3;2-3,5H,1,7H2,(H,8,9)(H,10,11);2*2H,1H3;;/q-2;;;;-2;/p-1/t3-,4-,5+,6+,7+;5-;;;;/m10..../s1. The van der Waals surface area contributed by atoms with E-state index in [-0.39, 0.29) is 32.3 Å². The zero-order valence-corrected chi connectivity index (χ0v) is 19.3. The Morgan fingerprint density at radius 2 is 1.87 bits per heavy atom. The molecular formula is C15H28N3O11Re-5. The number of aromatic amines is 1. The molecule has 2 heterocycles. The number of carboxylic acid groups (broad SMARTS) is 1. The van der Waals surface area contributed by atoms with Crippen LogP contribution in [-0.4, -0.2) is 101 Å². The first-order chi connectivity index (χ1) is 13.3. The van der Waals surface area contributed by atoms with Gasteiger partial charge >= 0.3 is 0 Å². The second-order valence-corrected chi connectivity index (χ2v) is 5.07. The Labute approximate surface area is 187 Å². The zero-order chi connectivity index (χ0) is 22.3. The second-order valence-electron chi connectivity index (χ2n) is 5.07. The third kappa shape index (κ3) is 12.6. The molecule has 30 heavy (non-hydrogen) atoms. The summed E-state index contributed by atoms with van der Waals surface area (Å²) in [7, 11) is 3.23. The van der Waals surface area contributed by atoms with E-state index in [1.807, 2.05) is 0 Å². The van der Waals surface area contributed by atoms with Gasteiger partial charge in [-0.25, -0.2) is 4.98 Å². The molecular weight excluding hydrogens is 584 g/mol. The molecule has 1 aromatic rings. The molecule has 1 fully saturated rings. The van der Waals surface area contributed by atoms with Crippen LogP contribution in [0.15, 0.2) is 12.5 Å². The summed E-state index contributed by atoms with van der Waals surface area (Å²) in [5.74, 6) is -1.26. The number of nitrogens with zero attached hydrogens (tertiary/aromatic N) is 1. The van der Waals surface area contributed by atoms with Crippen LogP contribution in [0.5, 0.6) is 0 Å². The molecule has 0 unspecified atom stereocenters. The molecule has 0 spiro atoms. The number of rotatable bonds is 5. The van der Waals surface area contributed by atoms with Crippen LogP contribution in [0.3, 0.4) is 0 Å². The first-order valence-corrected chi connectivity index (χ1v) is 7.94. The van der Waals surface area contributed by atoms with Gasteiger partial charge in [-0.15, -0.1) is 6.10 Å². The molecule has 1 saturated heterocycles. The van der Waals surface area contributed by atoms with Crippen molar-refractivity contribution >= 4 is 5.97 Å². The van der Waals surface area contributed by atoms with Crippen molar-refractivity contribution < 1.29 is 75.9 Å². The molecule has 1 aliphatic heterocycles. The van der Waals surface area contributed by atoms with Gasteiger partial charge in [-0.1, -0.05) is 6.10 Å². The maximum atomic E-state index is 11.1. The molecule has 7 N–H and O–H groups in total. The Balaban J connectivity index is -0.000000184. The molecule has 14 nitrogen and oxygen atoms in total. The average molecular weight is 613 g/mol. The van der Waals surface area contributed by atoms with Gasteiger partial charge in [0.05, 0.1) is 30.7 Å². The number of aliphatic hydroxyl groups excluding tert-OH is 4. The molecule has 1 aliphatic rings. The van der Waals surface area contributed by atoms with E-state index in [9.17, 15) is 20.1 Å². The Bertz CT molecular complexity index is 478. The van der Waals surface area contributed by atoms with Crippen molar-refractivity contribution in [2.75, 3.05) is 27.9 Å². The number of carbonyl (C=O) groups excluding carboxylic acids is 1. The predicted octanol–water partition coefficient (Wildman–Crippen LogP) is -6.71. The number of aliphatic hydroxyl groups is 4. The molecule has 6 atom stereocenters. The van der Waals surface area contributed by atoms with E-state index in [2.05, 4.69) is 14.7 Å². The van der Waals surface area contributed by atoms with Crippen molar-refractivity contribution in [3.8, 4) is 0 Å². The van der Waals surface area contributed by atoms with Gasteiger partial charge in [0.1, 0.15) is 12.4 Å². The number of nitrogens with two attached hydrogens (primary N) is 1. The van der Waals surface area contributed by atoms with Crippen molar-refractivity contribution in [3.63, 3.8) is 0 Å². The minimum atomic E-state index is -1.73. The largest absolute Gasteiger partial charge is 2.00 e. The van der Waals surface area contributed by atoms with Gasteiger partial charge in [-0.2, -0.15) is 0 Å². The molecule has 0 bridgehead atoms. The number of carboxylic acids is 1. The van der Waals surface area contributed by atoms with Crippen molar-refractivity contribution in [2.45, 2.75) is 43.2 Å². The average Bonchev–Trinajstić information content (AvgIpc) is 3.23. The van der Waals surface area contributed by atoms with Gasteiger partial charge in [-0.05, 0) is 0 Å². The number of imidazole rings is 1. The van der Waals surface area contributed by atoms with Crippen molar-refractivity contribution in [3.05, 3.63) is 18.2 Å². The summed E-state index contributed by atoms with van der Waals surface area (Å²) in [6.07, 6.45) is -3.82. The van der Waals surface area contributed by atoms with E-state index in [1.165, 1.54) is 13.4 Å². The Morgan fingerprint density at radius 3 is 2.23 bits per heavy atom. The smallest absolute Gasteiger partial charge is 0.144 e. The van der Waals surface area contributed by atoms with E-state index in [1.54, 1.807) is 6.20 Å². The first-order valence-electron chi connectivity index (χ1n) is 7.94. The van der Waals surface area contributed by atoms with Crippen LogP contribution in [0, 0.1) is 0 Å². The van der Waals surface area contributed by atoms with Crippen LogP contribution in [0.4, 0.5) is 0 Å². The molecule has 0 aromatic carbocycles. The molecule has 1 aromatic heterocycles. The zero-order valence-electron chi connectivity index (χ0n) is 16.6. The third-order valence-electron chi connectivity index (χ3n) is 3.32. The normalized spacial score (nSPS) is 25.2. The number of H-pyrrole nitrogens is 1. The molecule has 0 saturated carbocycles. The van der Waals surface area contributed by atoms with Crippen LogP contribution < -0.4 is 21.1 Å². The number of ether oxygens (including phenoxy) is 2. The van der Waals surface area contributed by atoms with Crippen LogP contribution in [-0.2, 0) is 46.6 Å². The molecule has 2 rings (SSSR count). The van der Waals surface area contributed by atoms with Gasteiger partial charge < -0.3 is 66.2 Å². The molecule has 0 amide bonds. The fourth-order valence-electron chi connectivity index (χ4n) is 1.94. The molecule has 181 valence electrons. The summed E-state index contributed by atoms with van der Waals surface area (Å²) < 4.78 is 9.44. The second kappa shape index (κ2) is 21.2. The van der Waals surface area contributed by atoms with E-state index < -0.39 is 49.3 Å². The van der Waals surface area contributed by atoms with E-state index in [0.717, 1.165) is 14.2 Å². The fourth-order valence-corrected chi connectivity index (χ4v) is 1.94. The van der Waals surface area contributed by atoms with Gasteiger partial charge in [0.15, 0.2) is 0 Å². The Hall–Kier alpha value is -1.06. The number of nitrogens with one attached hydrogen (secondary N) is 1. The number of hydrogen-bond donors (Lipinski definition) is 6. The summed E-state index contributed by atoms with van der Waals surface area (Å²) in [6.45, 7) is -0.507. The summed E-state index contributed by atoms with van der Waals surface area (Å²) in [5, 5.41) is 64.2. The Kier molecular flexibility index (Phi) is 25.7. The van der Waals surface area contributed by atoms with Gasteiger partial charge in [0.25, 0.3) is 0 Å². The monoisotopic (exact) mass is 613 g/mol. The number of methoxy groups -OCH3 is 1. The molecule has 15 heteroatoms. The van der Waals surface area contributed by atoms with Gasteiger partial charge in [0, 0.05) is 60.4 Å². The maximum Gasteiger partial charge on any atom is 0.144 e. The minimum Gasteiger partial charge on any atom is -2.00 e. The van der Waals surface area contributed by atoms with Crippen LogP contribution in [0.1, 0.15) is 5.69 Å². The first kappa shape index (κ1) is 36.3. The fraction of sp³-hybridized carbons (Fsp3) is 0.733. The number of aliphatic carboxylic acids is 1. The van der Waals surface area contributed by atoms with Crippen molar-refractivity contribution in [1.29, 1.82) is 0 Å². The van der Waals surface area contributed by atoms with E-state index >= 15 is 0 Å². The maximum absolute atomic E-state index is 11.1.